The van der Waals surface area contributed by atoms with E-state index in [0.29, 0.717) is 12.3 Å². The van der Waals surface area contributed by atoms with Crippen LogP contribution in [0.5, 0.6) is 5.75 Å². The van der Waals surface area contributed by atoms with Crippen molar-refractivity contribution in [1.82, 2.24) is 0 Å². The van der Waals surface area contributed by atoms with Crippen molar-refractivity contribution in [3.8, 4) is 5.75 Å². The number of hydrogen-bond donors (Lipinski definition) is 2. The molecule has 20 heavy (non-hydrogen) atoms. The molecule has 1 aromatic heterocycles. The lowest BCUT2D eigenvalue weighted by atomic mass is 10.2. The monoisotopic (exact) mass is 274 g/mol. The number of hydrogen-bond acceptors (Lipinski definition) is 4. The normalized spacial score (nSPS) is 10.2. The molecule has 0 bridgehead atoms. The Morgan fingerprint density at radius 3 is 2.85 bits per heavy atom. The SMILES string of the molecule is Cc1ccoc1CNc1ccccc1OCCC(N)=O. The standard InChI is InChI=1S/C15H18N2O3/c1-11-6-8-20-14(11)10-17-12-4-2-3-5-13(12)19-9-7-15(16)18/h2-6,8,17H,7,9-10H2,1H3,(H2,16,18). The third kappa shape index (κ3) is 3.78. The number of primary amides is 1. The molecule has 0 unspecified atom stereocenters. The van der Waals surface area contributed by atoms with Crippen LogP contribution in [0.15, 0.2) is 41.0 Å². The maximum Gasteiger partial charge on any atom is 0.220 e. The second kappa shape index (κ2) is 6.65. The van der Waals surface area contributed by atoms with Crippen LogP contribution in [0.25, 0.3) is 0 Å². The molecule has 0 fully saturated rings. The van der Waals surface area contributed by atoms with E-state index in [4.69, 9.17) is 14.9 Å². The minimum absolute atomic E-state index is 0.200. The van der Waals surface area contributed by atoms with E-state index >= 15 is 0 Å². The maximum atomic E-state index is 10.7. The highest BCUT2D eigenvalue weighted by Crippen LogP contribution is 2.25. The van der Waals surface area contributed by atoms with E-state index in [9.17, 15) is 4.79 Å². The summed E-state index contributed by atoms with van der Waals surface area (Å²) in [5.74, 6) is 1.21. The maximum absolute atomic E-state index is 10.7. The first-order valence-corrected chi connectivity index (χ1v) is 6.44. The number of carbonyl (C=O) groups is 1. The van der Waals surface area contributed by atoms with Crippen LogP contribution < -0.4 is 15.8 Å². The molecule has 0 aliphatic rings. The van der Waals surface area contributed by atoms with Crippen molar-refractivity contribution in [2.24, 2.45) is 5.73 Å². The molecule has 1 amide bonds. The lowest BCUT2D eigenvalue weighted by Gasteiger charge is -2.12. The van der Waals surface area contributed by atoms with E-state index in [1.807, 2.05) is 37.3 Å². The van der Waals surface area contributed by atoms with Gasteiger partial charge in [-0.05, 0) is 30.7 Å². The summed E-state index contributed by atoms with van der Waals surface area (Å²) in [6.07, 6.45) is 1.87. The fraction of sp³-hybridized carbons (Fsp3) is 0.267. The van der Waals surface area contributed by atoms with Crippen molar-refractivity contribution in [2.75, 3.05) is 11.9 Å². The quantitative estimate of drug-likeness (QED) is 0.813. The van der Waals surface area contributed by atoms with Gasteiger partial charge < -0.3 is 20.2 Å². The molecule has 0 atom stereocenters. The largest absolute Gasteiger partial charge is 0.491 e. The van der Waals surface area contributed by atoms with Gasteiger partial charge in [0.2, 0.25) is 5.91 Å². The van der Waals surface area contributed by atoms with Crippen LogP contribution in [-0.4, -0.2) is 12.5 Å². The molecule has 1 aromatic carbocycles. The van der Waals surface area contributed by atoms with E-state index in [0.717, 1.165) is 17.0 Å². The van der Waals surface area contributed by atoms with Gasteiger partial charge in [0, 0.05) is 0 Å². The summed E-state index contributed by atoms with van der Waals surface area (Å²) < 4.78 is 10.9. The molecule has 1 heterocycles. The summed E-state index contributed by atoms with van der Waals surface area (Å²) >= 11 is 0. The van der Waals surface area contributed by atoms with Gasteiger partial charge in [-0.25, -0.2) is 0 Å². The number of furan rings is 1. The fourth-order valence-corrected chi connectivity index (χ4v) is 1.76. The van der Waals surface area contributed by atoms with Crippen LogP contribution in [0.2, 0.25) is 0 Å². The summed E-state index contributed by atoms with van der Waals surface area (Å²) in [7, 11) is 0. The molecule has 0 aliphatic heterocycles. The molecular weight excluding hydrogens is 256 g/mol. The Morgan fingerprint density at radius 2 is 2.15 bits per heavy atom. The van der Waals surface area contributed by atoms with Gasteiger partial charge >= 0.3 is 0 Å². The Kier molecular flexibility index (Phi) is 4.65. The number of rotatable bonds is 7. The van der Waals surface area contributed by atoms with Crippen molar-refractivity contribution in [3.63, 3.8) is 0 Å². The number of benzene rings is 1. The molecule has 0 radical (unpaired) electrons. The van der Waals surface area contributed by atoms with Crippen molar-refractivity contribution >= 4 is 11.6 Å². The molecule has 0 saturated carbocycles. The van der Waals surface area contributed by atoms with Crippen LogP contribution in [0, 0.1) is 6.92 Å². The zero-order valence-electron chi connectivity index (χ0n) is 11.4. The Balaban J connectivity index is 1.97. The van der Waals surface area contributed by atoms with Gasteiger partial charge in [0.15, 0.2) is 0 Å². The highest BCUT2D eigenvalue weighted by atomic mass is 16.5. The lowest BCUT2D eigenvalue weighted by Crippen LogP contribution is -2.15. The number of nitrogens with one attached hydrogen (secondary N) is 1. The van der Waals surface area contributed by atoms with Gasteiger partial charge in [-0.3, -0.25) is 4.79 Å². The van der Waals surface area contributed by atoms with Crippen LogP contribution in [0.1, 0.15) is 17.7 Å². The molecule has 3 N–H and O–H groups in total. The number of para-hydroxylation sites is 2. The van der Waals surface area contributed by atoms with E-state index in [2.05, 4.69) is 5.32 Å². The average molecular weight is 274 g/mol. The third-order valence-corrected chi connectivity index (χ3v) is 2.90. The van der Waals surface area contributed by atoms with Crippen LogP contribution in [0.4, 0.5) is 5.69 Å². The Morgan fingerprint density at radius 1 is 1.35 bits per heavy atom. The van der Waals surface area contributed by atoms with Gasteiger partial charge in [0.1, 0.15) is 11.5 Å². The zero-order chi connectivity index (χ0) is 14.4. The molecule has 2 aromatic rings. The van der Waals surface area contributed by atoms with Gasteiger partial charge in [0.25, 0.3) is 0 Å². The molecule has 106 valence electrons. The first kappa shape index (κ1) is 14.0. The third-order valence-electron chi connectivity index (χ3n) is 2.90. The fourth-order valence-electron chi connectivity index (χ4n) is 1.76. The average Bonchev–Trinajstić information content (AvgIpc) is 2.83. The Bertz CT molecular complexity index is 578. The summed E-state index contributed by atoms with van der Waals surface area (Å²) in [6, 6.07) is 9.48. The predicted octanol–water partition coefficient (Wildman–Crippen LogP) is 2.45. The predicted molar refractivity (Wildman–Crippen MR) is 76.5 cm³/mol. The molecule has 0 spiro atoms. The second-order valence-corrected chi connectivity index (χ2v) is 4.44. The number of carbonyl (C=O) groups excluding carboxylic acids is 1. The molecule has 0 aliphatic carbocycles. The summed E-state index contributed by atoms with van der Waals surface area (Å²) in [4.78, 5) is 10.7. The smallest absolute Gasteiger partial charge is 0.220 e. The van der Waals surface area contributed by atoms with Crippen molar-refractivity contribution < 1.29 is 13.9 Å². The van der Waals surface area contributed by atoms with E-state index in [1.165, 1.54) is 0 Å². The summed E-state index contributed by atoms with van der Waals surface area (Å²) in [6.45, 7) is 2.85. The van der Waals surface area contributed by atoms with Crippen LogP contribution in [0.3, 0.4) is 0 Å². The second-order valence-electron chi connectivity index (χ2n) is 4.44. The molecule has 5 nitrogen and oxygen atoms in total. The first-order valence-electron chi connectivity index (χ1n) is 6.44. The molecule has 5 heteroatoms. The topological polar surface area (TPSA) is 77.5 Å². The van der Waals surface area contributed by atoms with Gasteiger partial charge in [-0.1, -0.05) is 12.1 Å². The van der Waals surface area contributed by atoms with Crippen molar-refractivity contribution in [1.29, 1.82) is 0 Å². The number of anilines is 1. The summed E-state index contributed by atoms with van der Waals surface area (Å²) in [5, 5.41) is 3.26. The number of nitrogens with two attached hydrogens (primary N) is 1. The first-order chi connectivity index (χ1) is 9.66. The molecule has 2 rings (SSSR count). The van der Waals surface area contributed by atoms with Crippen molar-refractivity contribution in [3.05, 3.63) is 47.9 Å². The molecule has 0 saturated heterocycles. The number of ether oxygens (including phenoxy) is 1. The van der Waals surface area contributed by atoms with Crippen molar-refractivity contribution in [2.45, 2.75) is 19.9 Å². The van der Waals surface area contributed by atoms with E-state index in [-0.39, 0.29) is 18.9 Å². The van der Waals surface area contributed by atoms with Crippen LogP contribution in [-0.2, 0) is 11.3 Å². The minimum Gasteiger partial charge on any atom is -0.491 e. The number of amides is 1. The Labute approximate surface area is 117 Å². The van der Waals surface area contributed by atoms with E-state index < -0.39 is 0 Å². The lowest BCUT2D eigenvalue weighted by molar-refractivity contribution is -0.118. The minimum atomic E-state index is -0.373. The number of aryl methyl sites for hydroxylation is 1. The highest BCUT2D eigenvalue weighted by Gasteiger charge is 2.06. The summed E-state index contributed by atoms with van der Waals surface area (Å²) in [5.41, 5.74) is 7.04. The van der Waals surface area contributed by atoms with E-state index in [1.54, 1.807) is 6.26 Å². The highest BCUT2D eigenvalue weighted by molar-refractivity contribution is 5.73. The van der Waals surface area contributed by atoms with Gasteiger partial charge in [-0.2, -0.15) is 0 Å². The van der Waals surface area contributed by atoms with Crippen LogP contribution >= 0.6 is 0 Å². The zero-order valence-corrected chi connectivity index (χ0v) is 11.4. The molecular formula is C15H18N2O3. The van der Waals surface area contributed by atoms with Gasteiger partial charge in [-0.15, -0.1) is 0 Å². The Hall–Kier alpha value is -2.43. The van der Waals surface area contributed by atoms with Gasteiger partial charge in [0.05, 0.1) is 31.5 Å².